The second-order valence-electron chi connectivity index (χ2n) is 9.61. The van der Waals surface area contributed by atoms with Gasteiger partial charge in [0.05, 0.1) is 12.8 Å². The van der Waals surface area contributed by atoms with E-state index in [0.29, 0.717) is 11.5 Å². The molecule has 4 rings (SSSR count). The van der Waals surface area contributed by atoms with Gasteiger partial charge in [-0.2, -0.15) is 0 Å². The molecule has 1 fully saturated rings. The molecule has 0 saturated carbocycles. The van der Waals surface area contributed by atoms with Gasteiger partial charge in [-0.05, 0) is 66.3 Å². The molecule has 0 radical (unpaired) electrons. The van der Waals surface area contributed by atoms with E-state index in [2.05, 4.69) is 40.8 Å². The minimum atomic E-state index is -2.87. The predicted molar refractivity (Wildman–Crippen MR) is 133 cm³/mol. The first kappa shape index (κ1) is 26.9. The second kappa shape index (κ2) is 11.9. The van der Waals surface area contributed by atoms with Gasteiger partial charge in [-0.25, -0.2) is 22.5 Å². The van der Waals surface area contributed by atoms with Gasteiger partial charge < -0.3 is 9.47 Å². The van der Waals surface area contributed by atoms with E-state index in [1.807, 2.05) is 6.07 Å². The van der Waals surface area contributed by atoms with Crippen molar-refractivity contribution in [1.29, 1.82) is 0 Å². The van der Waals surface area contributed by atoms with Crippen LogP contribution in [0.4, 0.5) is 17.6 Å². The van der Waals surface area contributed by atoms with Crippen LogP contribution in [0.5, 0.6) is 11.5 Å². The van der Waals surface area contributed by atoms with Crippen molar-refractivity contribution in [2.45, 2.75) is 52.1 Å². The summed E-state index contributed by atoms with van der Waals surface area (Å²) in [7, 11) is 1.66. The number of alkyl halides is 4. The highest BCUT2D eigenvalue weighted by Gasteiger charge is 2.30. The highest BCUT2D eigenvalue weighted by atomic mass is 19.3. The quantitative estimate of drug-likeness (QED) is 0.260. The number of hydrogen-bond acceptors (Lipinski definition) is 5. The number of benzene rings is 1. The number of nitrogens with zero attached hydrogens (tertiary/aromatic N) is 3. The van der Waals surface area contributed by atoms with Crippen LogP contribution in [-0.2, 0) is 13.0 Å². The SMILES string of the molecule is COc1ccc(CN2CCC2COc2ccc(-c3ccnc(C(F)F)c3)nc2C(F)F)c(CC(C)C)c1. The third kappa shape index (κ3) is 6.57. The molecule has 0 bridgehead atoms. The number of pyridine rings is 2. The highest BCUT2D eigenvalue weighted by Crippen LogP contribution is 2.33. The van der Waals surface area contributed by atoms with E-state index in [9.17, 15) is 17.6 Å². The lowest BCUT2D eigenvalue weighted by Crippen LogP contribution is -2.50. The Morgan fingerprint density at radius 3 is 2.46 bits per heavy atom. The molecule has 1 unspecified atom stereocenters. The maximum absolute atomic E-state index is 13.8. The van der Waals surface area contributed by atoms with Crippen LogP contribution >= 0.6 is 0 Å². The fourth-order valence-corrected chi connectivity index (χ4v) is 4.44. The van der Waals surface area contributed by atoms with Gasteiger partial charge in [0, 0.05) is 30.9 Å². The molecule has 1 aliphatic rings. The predicted octanol–water partition coefficient (Wildman–Crippen LogP) is 6.88. The van der Waals surface area contributed by atoms with Crippen molar-refractivity contribution in [3.63, 3.8) is 0 Å². The van der Waals surface area contributed by atoms with Crippen LogP contribution in [0.3, 0.4) is 0 Å². The standard InChI is InChI=1S/C28H31F4N3O2/c1-17(2)12-20-13-22(36-3)5-4-19(20)15-35-11-9-21(35)16-37-25-7-6-23(34-26(25)28(31)32)18-8-10-33-24(14-18)27(29)30/h4-8,10,13-14,17,21,27-28H,9,11-12,15-16H2,1-3H3. The Morgan fingerprint density at radius 2 is 1.81 bits per heavy atom. The van der Waals surface area contributed by atoms with E-state index < -0.39 is 24.2 Å². The summed E-state index contributed by atoms with van der Waals surface area (Å²) >= 11 is 0. The van der Waals surface area contributed by atoms with Crippen molar-refractivity contribution < 1.29 is 27.0 Å². The van der Waals surface area contributed by atoms with Crippen molar-refractivity contribution >= 4 is 0 Å². The Hall–Kier alpha value is -3.20. The molecule has 0 aliphatic carbocycles. The molecule has 5 nitrogen and oxygen atoms in total. The second-order valence-corrected chi connectivity index (χ2v) is 9.61. The highest BCUT2D eigenvalue weighted by molar-refractivity contribution is 5.60. The molecule has 3 aromatic rings. The van der Waals surface area contributed by atoms with E-state index in [-0.39, 0.29) is 24.1 Å². The monoisotopic (exact) mass is 517 g/mol. The van der Waals surface area contributed by atoms with Crippen molar-refractivity contribution in [2.75, 3.05) is 20.3 Å². The molecule has 9 heteroatoms. The minimum Gasteiger partial charge on any atom is -0.497 e. The van der Waals surface area contributed by atoms with Crippen molar-refractivity contribution in [1.82, 2.24) is 14.9 Å². The van der Waals surface area contributed by atoms with Crippen LogP contribution in [-0.4, -0.2) is 41.2 Å². The van der Waals surface area contributed by atoms with Crippen LogP contribution in [0, 0.1) is 5.92 Å². The van der Waals surface area contributed by atoms with E-state index >= 15 is 0 Å². The van der Waals surface area contributed by atoms with Gasteiger partial charge in [0.25, 0.3) is 12.9 Å². The topological polar surface area (TPSA) is 47.5 Å². The van der Waals surface area contributed by atoms with Crippen LogP contribution < -0.4 is 9.47 Å². The third-order valence-electron chi connectivity index (χ3n) is 6.51. The lowest BCUT2D eigenvalue weighted by Gasteiger charge is -2.41. The van der Waals surface area contributed by atoms with Crippen LogP contribution in [0.25, 0.3) is 11.3 Å². The molecule has 3 heterocycles. The molecule has 198 valence electrons. The van der Waals surface area contributed by atoms with Crippen LogP contribution in [0.1, 0.15) is 55.6 Å². The maximum atomic E-state index is 13.8. The van der Waals surface area contributed by atoms with Crippen LogP contribution in [0.15, 0.2) is 48.7 Å². The molecule has 37 heavy (non-hydrogen) atoms. The lowest BCUT2D eigenvalue weighted by molar-refractivity contribution is 0.0412. The molecule has 0 amide bonds. The Kier molecular flexibility index (Phi) is 8.63. The molecule has 0 N–H and O–H groups in total. The number of rotatable bonds is 11. The summed E-state index contributed by atoms with van der Waals surface area (Å²) < 4.78 is 64.9. The summed E-state index contributed by atoms with van der Waals surface area (Å²) in [4.78, 5) is 9.92. The zero-order valence-electron chi connectivity index (χ0n) is 21.1. The third-order valence-corrected chi connectivity index (χ3v) is 6.51. The smallest absolute Gasteiger partial charge is 0.284 e. The summed E-state index contributed by atoms with van der Waals surface area (Å²) in [6.07, 6.45) is -2.58. The average molecular weight is 518 g/mol. The summed E-state index contributed by atoms with van der Waals surface area (Å²) in [6.45, 7) is 6.25. The molecule has 1 saturated heterocycles. The fraction of sp³-hybridized carbons (Fsp3) is 0.429. The number of halogens is 4. The summed E-state index contributed by atoms with van der Waals surface area (Å²) in [5.74, 6) is 1.33. The summed E-state index contributed by atoms with van der Waals surface area (Å²) in [5, 5.41) is 0. The Labute approximate surface area is 214 Å². The molecular weight excluding hydrogens is 486 g/mol. The molecule has 1 atom stereocenters. The lowest BCUT2D eigenvalue weighted by atomic mass is 9.95. The number of ether oxygens (including phenoxy) is 2. The van der Waals surface area contributed by atoms with Gasteiger partial charge in [-0.3, -0.25) is 9.88 Å². The maximum Gasteiger partial charge on any atom is 0.284 e. The first-order valence-electron chi connectivity index (χ1n) is 12.3. The first-order valence-corrected chi connectivity index (χ1v) is 12.3. The molecule has 0 spiro atoms. The summed E-state index contributed by atoms with van der Waals surface area (Å²) in [6, 6.07) is 11.8. The molecule has 1 aromatic carbocycles. The fourth-order valence-electron chi connectivity index (χ4n) is 4.44. The van der Waals surface area contributed by atoms with Gasteiger partial charge in [-0.1, -0.05) is 19.9 Å². The van der Waals surface area contributed by atoms with Crippen molar-refractivity contribution in [2.24, 2.45) is 5.92 Å². The van der Waals surface area contributed by atoms with E-state index in [1.54, 1.807) is 7.11 Å². The molecule has 1 aliphatic heterocycles. The minimum absolute atomic E-state index is 0.00122. The largest absolute Gasteiger partial charge is 0.497 e. The molecular formula is C28H31F4N3O2. The Bertz CT molecular complexity index is 1210. The molecule has 2 aromatic heterocycles. The number of hydrogen-bond donors (Lipinski definition) is 0. The average Bonchev–Trinajstić information content (AvgIpc) is 2.87. The van der Waals surface area contributed by atoms with E-state index in [0.717, 1.165) is 37.7 Å². The van der Waals surface area contributed by atoms with E-state index in [4.69, 9.17) is 9.47 Å². The van der Waals surface area contributed by atoms with Gasteiger partial charge in [0.15, 0.2) is 0 Å². The number of aromatic nitrogens is 2. The van der Waals surface area contributed by atoms with Gasteiger partial charge in [0.1, 0.15) is 29.5 Å². The van der Waals surface area contributed by atoms with Crippen molar-refractivity contribution in [3.05, 3.63) is 71.2 Å². The van der Waals surface area contributed by atoms with Gasteiger partial charge in [0.2, 0.25) is 0 Å². The number of methoxy groups -OCH3 is 1. The Morgan fingerprint density at radius 1 is 1.00 bits per heavy atom. The zero-order chi connectivity index (χ0) is 26.5. The zero-order valence-corrected chi connectivity index (χ0v) is 21.1. The van der Waals surface area contributed by atoms with Crippen molar-refractivity contribution in [3.8, 4) is 22.8 Å². The summed E-state index contributed by atoms with van der Waals surface area (Å²) in [5.41, 5.74) is 1.98. The van der Waals surface area contributed by atoms with Gasteiger partial charge >= 0.3 is 0 Å². The normalized spacial score (nSPS) is 15.9. The van der Waals surface area contributed by atoms with Gasteiger partial charge in [-0.15, -0.1) is 0 Å². The number of likely N-dealkylation sites (tertiary alicyclic amines) is 1. The first-order chi connectivity index (χ1) is 17.7. The van der Waals surface area contributed by atoms with Crippen LogP contribution in [0.2, 0.25) is 0 Å². The van der Waals surface area contributed by atoms with E-state index in [1.165, 1.54) is 35.5 Å². The Balaban J connectivity index is 1.45.